The quantitative estimate of drug-likeness (QED) is 0.706. The number of benzene rings is 1. The van der Waals surface area contributed by atoms with Crippen molar-refractivity contribution >= 4 is 0 Å². The molecule has 1 aromatic rings. The van der Waals surface area contributed by atoms with Crippen molar-refractivity contribution in [3.05, 3.63) is 48.6 Å². The van der Waals surface area contributed by atoms with Gasteiger partial charge in [-0.05, 0) is 12.0 Å². The summed E-state index contributed by atoms with van der Waals surface area (Å²) in [6.07, 6.45) is 3.50. The fourth-order valence-electron chi connectivity index (χ4n) is 1.64. The van der Waals surface area contributed by atoms with Gasteiger partial charge in [-0.2, -0.15) is 0 Å². The molecule has 0 aromatic heterocycles. The van der Waals surface area contributed by atoms with Crippen LogP contribution < -0.4 is 0 Å². The van der Waals surface area contributed by atoms with E-state index in [4.69, 9.17) is 0 Å². The van der Waals surface area contributed by atoms with Crippen LogP contribution in [-0.4, -0.2) is 5.11 Å². The molecule has 1 aromatic carbocycles. The highest BCUT2D eigenvalue weighted by Crippen LogP contribution is 2.26. The lowest BCUT2D eigenvalue weighted by Crippen LogP contribution is -2.09. The van der Waals surface area contributed by atoms with Gasteiger partial charge in [0.2, 0.25) is 0 Å². The summed E-state index contributed by atoms with van der Waals surface area (Å²) >= 11 is 0. The molecule has 0 aliphatic carbocycles. The van der Waals surface area contributed by atoms with Crippen LogP contribution in [0.25, 0.3) is 0 Å². The molecule has 0 fully saturated rings. The van der Waals surface area contributed by atoms with Gasteiger partial charge in [-0.15, -0.1) is 6.58 Å². The maximum Gasteiger partial charge on any atom is 0.0852 e. The first kappa shape index (κ1) is 11.0. The van der Waals surface area contributed by atoms with E-state index >= 15 is 0 Å². The first-order chi connectivity index (χ1) is 6.79. The van der Waals surface area contributed by atoms with Crippen molar-refractivity contribution in [3.8, 4) is 0 Å². The fraction of sp³-hybridized carbons (Fsp3) is 0.385. The average Bonchev–Trinajstić information content (AvgIpc) is 2.26. The van der Waals surface area contributed by atoms with E-state index in [0.717, 1.165) is 18.4 Å². The molecule has 0 unspecified atom stereocenters. The van der Waals surface area contributed by atoms with Gasteiger partial charge in [0.05, 0.1) is 6.10 Å². The maximum absolute atomic E-state index is 10.0. The number of aliphatic hydroxyl groups excluding tert-OH is 1. The smallest absolute Gasteiger partial charge is 0.0852 e. The standard InChI is InChI=1S/C13H18O/c1-3-8-11(4-2)13(14)12-9-6-5-7-10-12/h4-7,9-11,13-14H,2-3,8H2,1H3/t11-,13+/m0/s1. The Hall–Kier alpha value is -1.08. The minimum Gasteiger partial charge on any atom is -0.388 e. The molecule has 0 saturated heterocycles. The highest BCUT2D eigenvalue weighted by Gasteiger charge is 2.16. The molecular weight excluding hydrogens is 172 g/mol. The molecular formula is C13H18O. The summed E-state index contributed by atoms with van der Waals surface area (Å²) in [5.41, 5.74) is 0.978. The summed E-state index contributed by atoms with van der Waals surface area (Å²) in [5.74, 6) is 0.169. The van der Waals surface area contributed by atoms with Crippen LogP contribution in [0.4, 0.5) is 0 Å². The number of hydrogen-bond acceptors (Lipinski definition) is 1. The van der Waals surface area contributed by atoms with Crippen molar-refractivity contribution in [1.82, 2.24) is 0 Å². The van der Waals surface area contributed by atoms with Crippen molar-refractivity contribution < 1.29 is 5.11 Å². The molecule has 2 atom stereocenters. The number of hydrogen-bond donors (Lipinski definition) is 1. The van der Waals surface area contributed by atoms with Gasteiger partial charge in [0.1, 0.15) is 0 Å². The first-order valence-corrected chi connectivity index (χ1v) is 5.15. The molecule has 1 N–H and O–H groups in total. The highest BCUT2D eigenvalue weighted by atomic mass is 16.3. The van der Waals surface area contributed by atoms with Crippen LogP contribution in [0.3, 0.4) is 0 Å². The van der Waals surface area contributed by atoms with Crippen LogP contribution in [0.5, 0.6) is 0 Å². The minimum atomic E-state index is -0.409. The molecule has 0 heterocycles. The Morgan fingerprint density at radius 3 is 2.50 bits per heavy atom. The lowest BCUT2D eigenvalue weighted by molar-refractivity contribution is 0.126. The summed E-state index contributed by atoms with van der Waals surface area (Å²) in [4.78, 5) is 0. The lowest BCUT2D eigenvalue weighted by Gasteiger charge is -2.19. The van der Waals surface area contributed by atoms with Crippen LogP contribution in [0.15, 0.2) is 43.0 Å². The zero-order chi connectivity index (χ0) is 10.4. The fourth-order valence-corrected chi connectivity index (χ4v) is 1.64. The molecule has 0 amide bonds. The maximum atomic E-state index is 10.0. The Balaban J connectivity index is 2.72. The Labute approximate surface area is 86.1 Å². The molecule has 1 nitrogen and oxygen atoms in total. The molecule has 1 heteroatoms. The second kappa shape index (κ2) is 5.61. The zero-order valence-corrected chi connectivity index (χ0v) is 8.69. The molecule has 0 bridgehead atoms. The monoisotopic (exact) mass is 190 g/mol. The summed E-state index contributed by atoms with van der Waals surface area (Å²) in [6.45, 7) is 5.89. The minimum absolute atomic E-state index is 0.169. The van der Waals surface area contributed by atoms with Gasteiger partial charge < -0.3 is 5.11 Å². The van der Waals surface area contributed by atoms with Gasteiger partial charge in [0, 0.05) is 5.92 Å². The largest absolute Gasteiger partial charge is 0.388 e. The van der Waals surface area contributed by atoms with Gasteiger partial charge in [-0.1, -0.05) is 49.8 Å². The van der Waals surface area contributed by atoms with E-state index in [0.29, 0.717) is 0 Å². The molecule has 14 heavy (non-hydrogen) atoms. The van der Waals surface area contributed by atoms with E-state index < -0.39 is 6.10 Å². The molecule has 0 aliphatic heterocycles. The van der Waals surface area contributed by atoms with Gasteiger partial charge >= 0.3 is 0 Å². The van der Waals surface area contributed by atoms with Crippen LogP contribution in [-0.2, 0) is 0 Å². The third-order valence-corrected chi connectivity index (χ3v) is 2.47. The van der Waals surface area contributed by atoms with Gasteiger partial charge in [0.15, 0.2) is 0 Å². The van der Waals surface area contributed by atoms with Crippen LogP contribution in [0.2, 0.25) is 0 Å². The van der Waals surface area contributed by atoms with E-state index in [-0.39, 0.29) is 5.92 Å². The zero-order valence-electron chi connectivity index (χ0n) is 8.69. The predicted molar refractivity (Wildman–Crippen MR) is 60.0 cm³/mol. The Kier molecular flexibility index (Phi) is 4.41. The topological polar surface area (TPSA) is 20.2 Å². The number of rotatable bonds is 5. The van der Waals surface area contributed by atoms with E-state index in [2.05, 4.69) is 13.5 Å². The Morgan fingerprint density at radius 2 is 2.00 bits per heavy atom. The SMILES string of the molecule is C=C[C@@H](CCC)[C@@H](O)c1ccccc1. The second-order valence-corrected chi connectivity index (χ2v) is 3.54. The summed E-state index contributed by atoms with van der Waals surface area (Å²) in [6, 6.07) is 9.77. The van der Waals surface area contributed by atoms with Crippen molar-refractivity contribution in [2.75, 3.05) is 0 Å². The third kappa shape index (κ3) is 2.71. The Bertz CT molecular complexity index is 266. The molecule has 76 valence electrons. The van der Waals surface area contributed by atoms with Gasteiger partial charge in [-0.3, -0.25) is 0 Å². The van der Waals surface area contributed by atoms with Crippen LogP contribution >= 0.6 is 0 Å². The number of aliphatic hydroxyl groups is 1. The normalized spacial score (nSPS) is 14.7. The summed E-state index contributed by atoms with van der Waals surface area (Å²) < 4.78 is 0. The highest BCUT2D eigenvalue weighted by molar-refractivity contribution is 5.18. The van der Waals surface area contributed by atoms with Crippen molar-refractivity contribution in [3.63, 3.8) is 0 Å². The lowest BCUT2D eigenvalue weighted by atomic mass is 9.92. The average molecular weight is 190 g/mol. The first-order valence-electron chi connectivity index (χ1n) is 5.15. The third-order valence-electron chi connectivity index (χ3n) is 2.47. The van der Waals surface area contributed by atoms with E-state index in [9.17, 15) is 5.11 Å². The van der Waals surface area contributed by atoms with E-state index in [1.165, 1.54) is 0 Å². The van der Waals surface area contributed by atoms with E-state index in [1.807, 2.05) is 36.4 Å². The predicted octanol–water partition coefficient (Wildman–Crippen LogP) is 3.32. The van der Waals surface area contributed by atoms with Crippen LogP contribution in [0.1, 0.15) is 31.4 Å². The van der Waals surface area contributed by atoms with Gasteiger partial charge in [-0.25, -0.2) is 0 Å². The van der Waals surface area contributed by atoms with Crippen molar-refractivity contribution in [2.45, 2.75) is 25.9 Å². The van der Waals surface area contributed by atoms with Crippen molar-refractivity contribution in [1.29, 1.82) is 0 Å². The van der Waals surface area contributed by atoms with E-state index in [1.54, 1.807) is 0 Å². The van der Waals surface area contributed by atoms with Crippen LogP contribution in [0, 0.1) is 5.92 Å². The molecule has 1 rings (SSSR count). The molecule has 0 spiro atoms. The molecule has 0 aliphatic rings. The summed E-state index contributed by atoms with van der Waals surface area (Å²) in [7, 11) is 0. The van der Waals surface area contributed by atoms with Crippen molar-refractivity contribution in [2.24, 2.45) is 5.92 Å². The Morgan fingerprint density at radius 1 is 1.36 bits per heavy atom. The molecule has 0 radical (unpaired) electrons. The molecule has 0 saturated carbocycles. The summed E-state index contributed by atoms with van der Waals surface area (Å²) in [5, 5.41) is 10.0. The second-order valence-electron chi connectivity index (χ2n) is 3.54. The van der Waals surface area contributed by atoms with Gasteiger partial charge in [0.25, 0.3) is 0 Å².